The van der Waals surface area contributed by atoms with Gasteiger partial charge < -0.3 is 13.7 Å². The molecule has 0 aromatic carbocycles. The van der Waals surface area contributed by atoms with Gasteiger partial charge in [0.2, 0.25) is 5.91 Å². The fourth-order valence-corrected chi connectivity index (χ4v) is 2.06. The third-order valence-electron chi connectivity index (χ3n) is 2.99. The zero-order valence-electron chi connectivity index (χ0n) is 13.1. The first-order chi connectivity index (χ1) is 11.1. The summed E-state index contributed by atoms with van der Waals surface area (Å²) in [5.74, 6) is 0.629. The predicted octanol–water partition coefficient (Wildman–Crippen LogP) is -0.708. The molecule has 0 spiro atoms. The Balaban J connectivity index is 1.93. The fraction of sp³-hybridized carbons (Fsp3) is 0.429. The van der Waals surface area contributed by atoms with Crippen molar-refractivity contribution in [2.45, 2.75) is 26.8 Å². The largest absolute Gasteiger partial charge is 0.459 e. The molecule has 3 N–H and O–H groups in total. The van der Waals surface area contributed by atoms with E-state index in [0.717, 1.165) is 17.9 Å². The van der Waals surface area contributed by atoms with Crippen LogP contribution in [-0.2, 0) is 16.1 Å². The Bertz CT molecular complexity index is 637. The number of hydrazine groups is 1. The molecule has 0 saturated heterocycles. The van der Waals surface area contributed by atoms with Crippen LogP contribution in [0.3, 0.4) is 0 Å². The van der Waals surface area contributed by atoms with E-state index in [9.17, 15) is 9.59 Å². The highest BCUT2D eigenvalue weighted by Crippen LogP contribution is 2.17. The molecule has 1 unspecified atom stereocenters. The van der Waals surface area contributed by atoms with Crippen LogP contribution in [0, 0.1) is 0 Å². The third-order valence-corrected chi connectivity index (χ3v) is 2.99. The van der Waals surface area contributed by atoms with Crippen molar-refractivity contribution in [2.75, 3.05) is 13.1 Å². The lowest BCUT2D eigenvalue weighted by Gasteiger charge is -2.16. The Morgan fingerprint density at radius 1 is 1.30 bits per heavy atom. The molecule has 0 bridgehead atoms. The standard InChI is InChI=1S/C14H19N5O4/c1-3-6-19(8-12(21)16-15-10(2)20)9-13-17-18-14(23-13)11-5-4-7-22-11/h4-5,7H,3,6,8-9H2,1-2H3,(H,15,20)(H,16,21)/p+1. The monoisotopic (exact) mass is 322 g/mol. The van der Waals surface area contributed by atoms with Crippen LogP contribution in [-0.4, -0.2) is 35.1 Å². The summed E-state index contributed by atoms with van der Waals surface area (Å²) in [6.45, 7) is 4.70. The molecule has 0 fully saturated rings. The molecule has 9 nitrogen and oxygen atoms in total. The maximum Gasteiger partial charge on any atom is 0.293 e. The van der Waals surface area contributed by atoms with Gasteiger partial charge in [0.05, 0.1) is 12.8 Å². The SMILES string of the molecule is CCC[NH+](CC(=O)NNC(C)=O)Cc1nnc(-c2ccco2)o1. The normalized spacial score (nSPS) is 11.9. The average molecular weight is 322 g/mol. The van der Waals surface area contributed by atoms with Gasteiger partial charge in [-0.2, -0.15) is 0 Å². The second kappa shape index (κ2) is 8.08. The molecule has 0 aliphatic carbocycles. The van der Waals surface area contributed by atoms with Gasteiger partial charge in [0.15, 0.2) is 18.8 Å². The summed E-state index contributed by atoms with van der Waals surface area (Å²) in [6, 6.07) is 3.47. The summed E-state index contributed by atoms with van der Waals surface area (Å²) in [5.41, 5.74) is 4.61. The number of rotatable bonds is 7. The van der Waals surface area contributed by atoms with Crippen molar-refractivity contribution in [1.82, 2.24) is 21.0 Å². The molecule has 9 heteroatoms. The van der Waals surface area contributed by atoms with Crippen LogP contribution in [0.1, 0.15) is 26.2 Å². The lowest BCUT2D eigenvalue weighted by Crippen LogP contribution is -3.12. The second-order valence-corrected chi connectivity index (χ2v) is 5.06. The van der Waals surface area contributed by atoms with E-state index in [1.807, 2.05) is 6.92 Å². The van der Waals surface area contributed by atoms with Crippen molar-refractivity contribution in [3.63, 3.8) is 0 Å². The van der Waals surface area contributed by atoms with E-state index in [4.69, 9.17) is 8.83 Å². The highest BCUT2D eigenvalue weighted by Gasteiger charge is 2.19. The van der Waals surface area contributed by atoms with E-state index >= 15 is 0 Å². The number of hydrogen-bond acceptors (Lipinski definition) is 6. The first-order valence-corrected chi connectivity index (χ1v) is 7.33. The highest BCUT2D eigenvalue weighted by atomic mass is 16.4. The van der Waals surface area contributed by atoms with Gasteiger partial charge in [0, 0.05) is 6.92 Å². The summed E-state index contributed by atoms with van der Waals surface area (Å²) in [6.07, 6.45) is 2.42. The summed E-state index contributed by atoms with van der Waals surface area (Å²) in [5, 5.41) is 7.91. The minimum Gasteiger partial charge on any atom is -0.459 e. The maximum atomic E-state index is 11.8. The van der Waals surface area contributed by atoms with Gasteiger partial charge in [0.1, 0.15) is 0 Å². The number of furan rings is 1. The molecule has 2 heterocycles. The summed E-state index contributed by atoms with van der Waals surface area (Å²) < 4.78 is 10.7. The summed E-state index contributed by atoms with van der Waals surface area (Å²) in [4.78, 5) is 23.5. The Kier molecular flexibility index (Phi) is 5.87. The van der Waals surface area contributed by atoms with Crippen molar-refractivity contribution < 1.29 is 23.3 Å². The molecule has 23 heavy (non-hydrogen) atoms. The van der Waals surface area contributed by atoms with E-state index in [1.54, 1.807) is 12.1 Å². The van der Waals surface area contributed by atoms with E-state index < -0.39 is 0 Å². The molecule has 2 aromatic rings. The lowest BCUT2D eigenvalue weighted by molar-refractivity contribution is -0.907. The van der Waals surface area contributed by atoms with Crippen LogP contribution in [0.25, 0.3) is 11.7 Å². The highest BCUT2D eigenvalue weighted by molar-refractivity contribution is 5.81. The number of nitrogens with zero attached hydrogens (tertiary/aromatic N) is 2. The summed E-state index contributed by atoms with van der Waals surface area (Å²) >= 11 is 0. The molecule has 1 atom stereocenters. The number of nitrogens with one attached hydrogen (secondary N) is 3. The van der Waals surface area contributed by atoms with Gasteiger partial charge in [-0.05, 0) is 18.6 Å². The minimum absolute atomic E-state index is 0.187. The number of carbonyl (C=O) groups is 2. The van der Waals surface area contributed by atoms with Gasteiger partial charge in [0.25, 0.3) is 17.7 Å². The van der Waals surface area contributed by atoms with Crippen molar-refractivity contribution in [2.24, 2.45) is 0 Å². The molecule has 2 rings (SSSR count). The first kappa shape index (κ1) is 16.7. The Morgan fingerprint density at radius 3 is 2.78 bits per heavy atom. The first-order valence-electron chi connectivity index (χ1n) is 7.33. The van der Waals surface area contributed by atoms with Gasteiger partial charge in [-0.1, -0.05) is 6.92 Å². The van der Waals surface area contributed by atoms with Crippen LogP contribution >= 0.6 is 0 Å². The smallest absolute Gasteiger partial charge is 0.293 e. The Hall–Kier alpha value is -2.68. The van der Waals surface area contributed by atoms with Crippen molar-refractivity contribution in [1.29, 1.82) is 0 Å². The van der Waals surface area contributed by atoms with Crippen LogP contribution in [0.5, 0.6) is 0 Å². The molecule has 2 amide bonds. The quantitative estimate of drug-likeness (QED) is 0.580. The molecule has 124 valence electrons. The van der Waals surface area contributed by atoms with Gasteiger partial charge in [-0.25, -0.2) is 0 Å². The second-order valence-electron chi connectivity index (χ2n) is 5.06. The van der Waals surface area contributed by atoms with Gasteiger partial charge in [-0.15, -0.1) is 10.2 Å². The van der Waals surface area contributed by atoms with Crippen LogP contribution < -0.4 is 15.8 Å². The topological polar surface area (TPSA) is 115 Å². The van der Waals surface area contributed by atoms with Gasteiger partial charge >= 0.3 is 0 Å². The van der Waals surface area contributed by atoms with E-state index in [1.165, 1.54) is 13.2 Å². The Morgan fingerprint density at radius 2 is 2.13 bits per heavy atom. The van der Waals surface area contributed by atoms with Crippen molar-refractivity contribution in [3.05, 3.63) is 24.3 Å². The predicted molar refractivity (Wildman–Crippen MR) is 78.7 cm³/mol. The third kappa shape index (κ3) is 5.22. The zero-order chi connectivity index (χ0) is 16.7. The molecular weight excluding hydrogens is 302 g/mol. The fourth-order valence-electron chi connectivity index (χ4n) is 2.06. The van der Waals surface area contributed by atoms with Crippen LogP contribution in [0.15, 0.2) is 27.2 Å². The van der Waals surface area contributed by atoms with E-state index in [-0.39, 0.29) is 18.4 Å². The van der Waals surface area contributed by atoms with Crippen molar-refractivity contribution >= 4 is 11.8 Å². The zero-order valence-corrected chi connectivity index (χ0v) is 13.1. The molecular formula is C14H20N5O4+. The Labute approximate surface area is 133 Å². The number of carbonyl (C=O) groups excluding carboxylic acids is 2. The van der Waals surface area contributed by atoms with E-state index in [0.29, 0.717) is 24.1 Å². The molecule has 0 aliphatic rings. The minimum atomic E-state index is -0.324. The van der Waals surface area contributed by atoms with Gasteiger partial charge in [-0.3, -0.25) is 20.4 Å². The number of amides is 2. The van der Waals surface area contributed by atoms with Crippen LogP contribution in [0.4, 0.5) is 0 Å². The average Bonchev–Trinajstić information content (AvgIpc) is 3.16. The molecule has 2 aromatic heterocycles. The van der Waals surface area contributed by atoms with Crippen LogP contribution in [0.2, 0.25) is 0 Å². The number of hydrogen-bond donors (Lipinski definition) is 3. The number of quaternary nitrogens is 1. The lowest BCUT2D eigenvalue weighted by atomic mass is 10.4. The molecule has 0 saturated carbocycles. The molecule has 0 radical (unpaired) electrons. The molecule has 0 aliphatic heterocycles. The van der Waals surface area contributed by atoms with Crippen molar-refractivity contribution in [3.8, 4) is 11.7 Å². The number of aromatic nitrogens is 2. The van der Waals surface area contributed by atoms with E-state index in [2.05, 4.69) is 21.0 Å². The maximum absolute atomic E-state index is 11.8. The summed E-state index contributed by atoms with van der Waals surface area (Å²) in [7, 11) is 0.